The van der Waals surface area contributed by atoms with Gasteiger partial charge in [0.2, 0.25) is 0 Å². The number of nitriles is 1. The Morgan fingerprint density at radius 2 is 1.86 bits per heavy atom. The summed E-state index contributed by atoms with van der Waals surface area (Å²) in [7, 11) is 3.13. The van der Waals surface area contributed by atoms with E-state index in [1.54, 1.807) is 50.6 Å². The smallest absolute Gasteiger partial charge is 0.132 e. The van der Waals surface area contributed by atoms with Gasteiger partial charge in [-0.2, -0.15) is 5.26 Å². The molecule has 112 valence electrons. The molecule has 0 aliphatic heterocycles. The van der Waals surface area contributed by atoms with E-state index in [2.05, 4.69) is 0 Å². The van der Waals surface area contributed by atoms with E-state index in [0.717, 1.165) is 5.56 Å². The van der Waals surface area contributed by atoms with Crippen LogP contribution in [0, 0.1) is 24.1 Å². The second-order valence-electron chi connectivity index (χ2n) is 4.66. The van der Waals surface area contributed by atoms with Crippen molar-refractivity contribution in [3.8, 4) is 17.6 Å². The Hall–Kier alpha value is -2.80. The monoisotopic (exact) mass is 297 g/mol. The number of methoxy groups -OCH3 is 2. The lowest BCUT2D eigenvalue weighted by atomic mass is 10.0. The second kappa shape index (κ2) is 6.77. The molecular weight excluding hydrogens is 281 g/mol. The molecule has 0 aliphatic rings. The quantitative estimate of drug-likeness (QED) is 0.627. The topological polar surface area (TPSA) is 42.2 Å². The molecule has 2 aromatic rings. The molecule has 4 heteroatoms. The minimum Gasteiger partial charge on any atom is -0.496 e. The molecule has 0 atom stereocenters. The van der Waals surface area contributed by atoms with Crippen molar-refractivity contribution in [1.29, 1.82) is 5.26 Å². The van der Waals surface area contributed by atoms with E-state index in [1.807, 2.05) is 13.0 Å². The standard InChI is InChI=1S/C18H16FNO2/c1-12-17(21-2)9-8-13(18(12)22-3)10-14(11-20)15-6-4-5-7-16(15)19/h4-10H,1-3H3. The van der Waals surface area contributed by atoms with Gasteiger partial charge in [-0.3, -0.25) is 0 Å². The molecule has 0 heterocycles. The van der Waals surface area contributed by atoms with Gasteiger partial charge in [-0.25, -0.2) is 4.39 Å². The van der Waals surface area contributed by atoms with Crippen molar-refractivity contribution in [1.82, 2.24) is 0 Å². The van der Waals surface area contributed by atoms with Crippen LogP contribution in [0.1, 0.15) is 16.7 Å². The first kappa shape index (κ1) is 15.6. The predicted molar refractivity (Wildman–Crippen MR) is 84.2 cm³/mol. The van der Waals surface area contributed by atoms with Crippen LogP contribution in [0.15, 0.2) is 36.4 Å². The van der Waals surface area contributed by atoms with Gasteiger partial charge in [-0.1, -0.05) is 18.2 Å². The van der Waals surface area contributed by atoms with Crippen LogP contribution in [0.3, 0.4) is 0 Å². The minimum atomic E-state index is -0.431. The Balaban J connectivity index is 2.59. The van der Waals surface area contributed by atoms with Crippen molar-refractivity contribution in [2.24, 2.45) is 0 Å². The van der Waals surface area contributed by atoms with Gasteiger partial charge in [-0.05, 0) is 31.2 Å². The summed E-state index contributed by atoms with van der Waals surface area (Å²) in [6.45, 7) is 1.87. The first-order valence-corrected chi connectivity index (χ1v) is 6.70. The summed E-state index contributed by atoms with van der Waals surface area (Å²) in [6, 6.07) is 11.8. The van der Waals surface area contributed by atoms with E-state index in [1.165, 1.54) is 6.07 Å². The van der Waals surface area contributed by atoms with E-state index >= 15 is 0 Å². The van der Waals surface area contributed by atoms with E-state index in [4.69, 9.17) is 9.47 Å². The molecular formula is C18H16FNO2. The molecule has 0 saturated heterocycles. The lowest BCUT2D eigenvalue weighted by Gasteiger charge is -2.13. The normalized spacial score (nSPS) is 11.0. The Labute approximate surface area is 129 Å². The van der Waals surface area contributed by atoms with Crippen LogP contribution in [0.25, 0.3) is 11.6 Å². The van der Waals surface area contributed by atoms with Crippen molar-refractivity contribution in [3.05, 3.63) is 58.9 Å². The van der Waals surface area contributed by atoms with Crippen molar-refractivity contribution < 1.29 is 13.9 Å². The van der Waals surface area contributed by atoms with Crippen molar-refractivity contribution in [2.75, 3.05) is 14.2 Å². The summed E-state index contributed by atoms with van der Waals surface area (Å²) in [4.78, 5) is 0. The van der Waals surface area contributed by atoms with E-state index in [-0.39, 0.29) is 11.1 Å². The molecule has 0 amide bonds. The fourth-order valence-corrected chi connectivity index (χ4v) is 2.31. The number of hydrogen-bond acceptors (Lipinski definition) is 3. The molecule has 2 rings (SSSR count). The zero-order valence-corrected chi connectivity index (χ0v) is 12.7. The molecule has 22 heavy (non-hydrogen) atoms. The summed E-state index contributed by atoms with van der Waals surface area (Å²) in [5.74, 6) is 0.862. The molecule has 0 fully saturated rings. The lowest BCUT2D eigenvalue weighted by Crippen LogP contribution is -1.95. The second-order valence-corrected chi connectivity index (χ2v) is 4.66. The molecule has 0 aromatic heterocycles. The Morgan fingerprint density at radius 3 is 2.45 bits per heavy atom. The maximum absolute atomic E-state index is 13.9. The summed E-state index contributed by atoms with van der Waals surface area (Å²) in [5.41, 5.74) is 2.02. The summed E-state index contributed by atoms with van der Waals surface area (Å²) >= 11 is 0. The van der Waals surface area contributed by atoms with Crippen LogP contribution in [0.2, 0.25) is 0 Å². The van der Waals surface area contributed by atoms with Crippen LogP contribution >= 0.6 is 0 Å². The van der Waals surface area contributed by atoms with Gasteiger partial charge in [0, 0.05) is 16.7 Å². The summed E-state index contributed by atoms with van der Waals surface area (Å²) in [6.07, 6.45) is 1.61. The Bertz CT molecular complexity index is 760. The van der Waals surface area contributed by atoms with Crippen LogP contribution < -0.4 is 9.47 Å². The van der Waals surface area contributed by atoms with Crippen LogP contribution in [0.5, 0.6) is 11.5 Å². The van der Waals surface area contributed by atoms with Crippen molar-refractivity contribution >= 4 is 11.6 Å². The minimum absolute atomic E-state index is 0.237. The van der Waals surface area contributed by atoms with Gasteiger partial charge in [0.15, 0.2) is 0 Å². The number of halogens is 1. The molecule has 0 spiro atoms. The van der Waals surface area contributed by atoms with Crippen molar-refractivity contribution in [3.63, 3.8) is 0 Å². The van der Waals surface area contributed by atoms with E-state index < -0.39 is 5.82 Å². The molecule has 0 unspecified atom stereocenters. The third-order valence-corrected chi connectivity index (χ3v) is 3.40. The van der Waals surface area contributed by atoms with Gasteiger partial charge in [-0.15, -0.1) is 0 Å². The first-order valence-electron chi connectivity index (χ1n) is 6.70. The fraction of sp³-hybridized carbons (Fsp3) is 0.167. The van der Waals surface area contributed by atoms with Gasteiger partial charge < -0.3 is 9.47 Å². The highest BCUT2D eigenvalue weighted by molar-refractivity contribution is 5.91. The highest BCUT2D eigenvalue weighted by atomic mass is 19.1. The van der Waals surface area contributed by atoms with Crippen molar-refractivity contribution in [2.45, 2.75) is 6.92 Å². The highest BCUT2D eigenvalue weighted by Crippen LogP contribution is 2.33. The third kappa shape index (κ3) is 2.94. The van der Waals surface area contributed by atoms with Gasteiger partial charge in [0.1, 0.15) is 17.3 Å². The maximum atomic E-state index is 13.9. The third-order valence-electron chi connectivity index (χ3n) is 3.40. The van der Waals surface area contributed by atoms with Crippen LogP contribution in [-0.2, 0) is 0 Å². The molecule has 3 nitrogen and oxygen atoms in total. The lowest BCUT2D eigenvalue weighted by molar-refractivity contribution is 0.388. The fourth-order valence-electron chi connectivity index (χ4n) is 2.31. The number of hydrogen-bond donors (Lipinski definition) is 0. The Kier molecular flexibility index (Phi) is 4.80. The predicted octanol–water partition coefficient (Wildman–Crippen LogP) is 4.22. The number of nitrogens with zero attached hydrogens (tertiary/aromatic N) is 1. The number of ether oxygens (including phenoxy) is 2. The number of rotatable bonds is 4. The molecule has 2 aromatic carbocycles. The number of benzene rings is 2. The van der Waals surface area contributed by atoms with E-state index in [9.17, 15) is 9.65 Å². The summed E-state index contributed by atoms with van der Waals surface area (Å²) < 4.78 is 24.5. The average molecular weight is 297 g/mol. The van der Waals surface area contributed by atoms with E-state index in [0.29, 0.717) is 17.1 Å². The highest BCUT2D eigenvalue weighted by Gasteiger charge is 2.12. The molecule has 0 saturated carbocycles. The zero-order chi connectivity index (χ0) is 16.1. The average Bonchev–Trinajstić information content (AvgIpc) is 2.53. The van der Waals surface area contributed by atoms with Gasteiger partial charge in [0.05, 0.1) is 25.9 Å². The zero-order valence-electron chi connectivity index (χ0n) is 12.7. The van der Waals surface area contributed by atoms with Gasteiger partial charge >= 0.3 is 0 Å². The van der Waals surface area contributed by atoms with Gasteiger partial charge in [0.25, 0.3) is 0 Å². The molecule has 0 N–H and O–H groups in total. The molecule has 0 bridgehead atoms. The Morgan fingerprint density at radius 1 is 1.14 bits per heavy atom. The van der Waals surface area contributed by atoms with Crippen LogP contribution in [-0.4, -0.2) is 14.2 Å². The summed E-state index contributed by atoms with van der Waals surface area (Å²) in [5, 5.41) is 9.35. The van der Waals surface area contributed by atoms with Crippen LogP contribution in [0.4, 0.5) is 4.39 Å². The molecule has 0 aliphatic carbocycles. The molecule has 0 radical (unpaired) electrons. The number of allylic oxidation sites excluding steroid dienone is 1. The maximum Gasteiger partial charge on any atom is 0.132 e. The first-order chi connectivity index (χ1) is 10.6. The largest absolute Gasteiger partial charge is 0.496 e. The SMILES string of the molecule is COc1ccc(C=C(C#N)c2ccccc2F)c(OC)c1C.